The van der Waals surface area contributed by atoms with Crippen LogP contribution in [0.4, 0.5) is 18.9 Å². The molecule has 188 valence electrons. The minimum atomic E-state index is -4.58. The van der Waals surface area contributed by atoms with Crippen LogP contribution in [-0.2, 0) is 15.8 Å². The normalized spacial score (nSPS) is 14.9. The average Bonchev–Trinajstić information content (AvgIpc) is 3.57. The van der Waals surface area contributed by atoms with E-state index < -0.39 is 17.8 Å². The molecule has 1 unspecified atom stereocenters. The Kier molecular flexibility index (Phi) is 7.44. The van der Waals surface area contributed by atoms with Crippen molar-refractivity contribution >= 4 is 18.0 Å². The summed E-state index contributed by atoms with van der Waals surface area (Å²) in [5.74, 6) is 4.78. The molecule has 1 aliphatic heterocycles. The van der Waals surface area contributed by atoms with Gasteiger partial charge in [0.05, 0.1) is 30.1 Å². The molecule has 8 nitrogen and oxygen atoms in total. The van der Waals surface area contributed by atoms with Gasteiger partial charge in [-0.15, -0.1) is 0 Å². The number of hydrogen-bond donors (Lipinski definition) is 2. The molecule has 1 atom stereocenters. The van der Waals surface area contributed by atoms with Gasteiger partial charge >= 0.3 is 12.1 Å². The zero-order chi connectivity index (χ0) is 26.4. The lowest BCUT2D eigenvalue weighted by atomic mass is 10.1. The fourth-order valence-electron chi connectivity index (χ4n) is 3.76. The van der Waals surface area contributed by atoms with Crippen LogP contribution in [0.1, 0.15) is 23.2 Å². The lowest BCUT2D eigenvalue weighted by molar-refractivity contribution is -0.140. The number of aromatic nitrogens is 2. The van der Waals surface area contributed by atoms with Crippen molar-refractivity contribution in [3.63, 3.8) is 0 Å². The molecule has 2 aromatic carbocycles. The summed E-state index contributed by atoms with van der Waals surface area (Å²) in [6.07, 6.45) is -2.35. The van der Waals surface area contributed by atoms with Gasteiger partial charge < -0.3 is 19.9 Å². The van der Waals surface area contributed by atoms with Gasteiger partial charge in [-0.05, 0) is 42.8 Å². The molecule has 0 spiro atoms. The van der Waals surface area contributed by atoms with E-state index in [2.05, 4.69) is 27.1 Å². The molecule has 2 amide bonds. The van der Waals surface area contributed by atoms with Crippen molar-refractivity contribution in [3.05, 3.63) is 65.5 Å². The predicted octanol–water partition coefficient (Wildman–Crippen LogP) is 3.81. The first-order valence-corrected chi connectivity index (χ1v) is 11.2. The molecule has 1 aromatic heterocycles. The van der Waals surface area contributed by atoms with E-state index in [1.165, 1.54) is 24.3 Å². The minimum Gasteiger partial charge on any atom is -0.491 e. The molecule has 2 heterocycles. The largest absolute Gasteiger partial charge is 0.491 e. The van der Waals surface area contributed by atoms with E-state index in [1.807, 2.05) is 6.07 Å². The third-order valence-corrected chi connectivity index (χ3v) is 5.64. The number of hydrogen-bond acceptors (Lipinski definition) is 5. The highest BCUT2D eigenvalue weighted by Gasteiger charge is 2.33. The second kappa shape index (κ2) is 10.9. The van der Waals surface area contributed by atoms with Crippen molar-refractivity contribution in [1.29, 1.82) is 5.26 Å². The Hall–Kier alpha value is -4.77. The number of nitrogens with zero attached hydrogens (tertiary/aromatic N) is 3. The van der Waals surface area contributed by atoms with Gasteiger partial charge in [-0.25, -0.2) is 4.98 Å². The number of aromatic amines is 1. The highest BCUT2D eigenvalue weighted by molar-refractivity contribution is 6.05. The number of likely N-dealkylation sites (tertiary alicyclic amines) is 1. The number of anilines is 1. The van der Waals surface area contributed by atoms with Gasteiger partial charge in [0.1, 0.15) is 17.3 Å². The average molecular weight is 507 g/mol. The Bertz CT molecular complexity index is 1420. The van der Waals surface area contributed by atoms with Crippen LogP contribution in [0.15, 0.2) is 48.7 Å². The van der Waals surface area contributed by atoms with Gasteiger partial charge in [0.25, 0.3) is 0 Å². The van der Waals surface area contributed by atoms with Gasteiger partial charge in [-0.2, -0.15) is 18.4 Å². The summed E-state index contributed by atoms with van der Waals surface area (Å²) >= 11 is 0. The van der Waals surface area contributed by atoms with Crippen LogP contribution in [0, 0.1) is 29.1 Å². The van der Waals surface area contributed by atoms with E-state index in [4.69, 9.17) is 10.00 Å². The zero-order valence-electron chi connectivity index (χ0n) is 19.3. The fourth-order valence-corrected chi connectivity index (χ4v) is 3.76. The molecule has 0 bridgehead atoms. The Morgan fingerprint density at radius 2 is 2.08 bits per heavy atom. The Labute approximate surface area is 210 Å². The van der Waals surface area contributed by atoms with E-state index >= 15 is 0 Å². The quantitative estimate of drug-likeness (QED) is 0.389. The highest BCUT2D eigenvalue weighted by Crippen LogP contribution is 2.33. The Balaban J connectivity index is 1.57. The van der Waals surface area contributed by atoms with E-state index in [1.54, 1.807) is 23.1 Å². The first-order chi connectivity index (χ1) is 17.7. The molecule has 0 radical (unpaired) electrons. The third kappa shape index (κ3) is 6.47. The second-order valence-corrected chi connectivity index (χ2v) is 8.32. The van der Waals surface area contributed by atoms with Gasteiger partial charge in [-0.3, -0.25) is 9.59 Å². The highest BCUT2D eigenvalue weighted by atomic mass is 19.4. The molecule has 4 rings (SSSR count). The van der Waals surface area contributed by atoms with Crippen LogP contribution < -0.4 is 10.1 Å². The number of halogens is 3. The molecule has 1 fully saturated rings. The van der Waals surface area contributed by atoms with Gasteiger partial charge in [0.15, 0.2) is 0 Å². The summed E-state index contributed by atoms with van der Waals surface area (Å²) in [4.78, 5) is 31.2. The summed E-state index contributed by atoms with van der Waals surface area (Å²) in [6.45, 7) is 1.45. The fraction of sp³-hybridized carbons (Fsp3) is 0.231. The van der Waals surface area contributed by atoms with Crippen LogP contribution in [0.5, 0.6) is 5.75 Å². The number of H-pyrrole nitrogens is 1. The molecule has 0 aliphatic carbocycles. The topological polar surface area (TPSA) is 111 Å². The number of amides is 2. The van der Waals surface area contributed by atoms with Crippen molar-refractivity contribution in [3.8, 4) is 35.0 Å². The molecule has 1 aliphatic rings. The first-order valence-electron chi connectivity index (χ1n) is 11.2. The van der Waals surface area contributed by atoms with E-state index in [-0.39, 0.29) is 29.8 Å². The van der Waals surface area contributed by atoms with Crippen LogP contribution >= 0.6 is 0 Å². The summed E-state index contributed by atoms with van der Waals surface area (Å²) in [5, 5.41) is 11.6. The summed E-state index contributed by atoms with van der Waals surface area (Å²) < 4.78 is 44.9. The van der Waals surface area contributed by atoms with Gasteiger partial charge in [-0.1, -0.05) is 12.0 Å². The summed E-state index contributed by atoms with van der Waals surface area (Å²) in [5.41, 5.74) is 0.349. The maximum atomic E-state index is 13.0. The van der Waals surface area contributed by atoms with Crippen molar-refractivity contribution in [2.75, 3.05) is 25.0 Å². The monoisotopic (exact) mass is 507 g/mol. The van der Waals surface area contributed by atoms with Crippen molar-refractivity contribution in [2.45, 2.75) is 12.6 Å². The van der Waals surface area contributed by atoms with Crippen molar-refractivity contribution < 1.29 is 27.5 Å². The third-order valence-electron chi connectivity index (χ3n) is 5.64. The van der Waals surface area contributed by atoms with E-state index in [0.717, 1.165) is 12.8 Å². The number of imidazole rings is 1. The van der Waals surface area contributed by atoms with Gasteiger partial charge in [0.2, 0.25) is 6.41 Å². The summed E-state index contributed by atoms with van der Waals surface area (Å²) in [7, 11) is 0. The Morgan fingerprint density at radius 1 is 1.27 bits per heavy atom. The van der Waals surface area contributed by atoms with E-state index in [0.29, 0.717) is 36.0 Å². The van der Waals surface area contributed by atoms with Crippen molar-refractivity contribution in [1.82, 2.24) is 14.9 Å². The zero-order valence-corrected chi connectivity index (χ0v) is 19.3. The van der Waals surface area contributed by atoms with Gasteiger partial charge in [0, 0.05) is 36.1 Å². The molecular formula is C26H20F3N5O3. The van der Waals surface area contributed by atoms with Crippen LogP contribution in [0.2, 0.25) is 0 Å². The predicted molar refractivity (Wildman–Crippen MR) is 127 cm³/mol. The van der Waals surface area contributed by atoms with Crippen LogP contribution in [0.25, 0.3) is 11.4 Å². The first kappa shape index (κ1) is 25.3. The number of alkyl halides is 3. The standard InChI is InChI=1S/C26H20F3N5O3/c27-26(28,29)23-13-31-25(33-23)20-5-6-22(37-15-19-8-9-34(14-19)16-35)21(11-20)32-24(36)7-4-17-2-1-3-18(10-17)12-30/h1-3,5-6,10-11,13,16,19H,8-9,14-15H2,(H,31,33)(H,32,36). The molecule has 3 aromatic rings. The molecule has 37 heavy (non-hydrogen) atoms. The maximum absolute atomic E-state index is 13.0. The smallest absolute Gasteiger partial charge is 0.432 e. The van der Waals surface area contributed by atoms with E-state index in [9.17, 15) is 22.8 Å². The van der Waals surface area contributed by atoms with Crippen LogP contribution in [-0.4, -0.2) is 46.9 Å². The molecule has 0 saturated carbocycles. The van der Waals surface area contributed by atoms with Crippen LogP contribution in [0.3, 0.4) is 0 Å². The van der Waals surface area contributed by atoms with Crippen molar-refractivity contribution in [2.24, 2.45) is 5.92 Å². The number of rotatable bonds is 6. The molecule has 1 saturated heterocycles. The number of nitrogens with one attached hydrogen (secondary N) is 2. The maximum Gasteiger partial charge on any atom is 0.432 e. The number of carbonyl (C=O) groups excluding carboxylic acids is 2. The molecular weight excluding hydrogens is 487 g/mol. The molecule has 11 heteroatoms. The second-order valence-electron chi connectivity index (χ2n) is 8.32. The lowest BCUT2D eigenvalue weighted by Crippen LogP contribution is -2.21. The minimum absolute atomic E-state index is 0.0359. The number of benzene rings is 2. The molecule has 2 N–H and O–H groups in total. The number of carbonyl (C=O) groups is 2. The SMILES string of the molecule is N#Cc1cccc(C#CC(=O)Nc2cc(-c3ncc(C(F)(F)F)[nH]3)ccc2OCC2CCN(C=O)C2)c1. The number of nitriles is 1. The number of ether oxygens (including phenoxy) is 1. The Morgan fingerprint density at radius 3 is 2.78 bits per heavy atom. The summed E-state index contributed by atoms with van der Waals surface area (Å²) in [6, 6.07) is 12.9. The lowest BCUT2D eigenvalue weighted by Gasteiger charge is -2.16.